The van der Waals surface area contributed by atoms with Gasteiger partial charge in [-0.1, -0.05) is 34.6 Å². The highest BCUT2D eigenvalue weighted by Crippen LogP contribution is 2.23. The molecule has 1 aromatic carbocycles. The molecule has 5 heteroatoms. The Labute approximate surface area is 146 Å². The SMILES string of the molecule is CCOC(=O)/C(=C(/[S-])SCc1ccccc1)[n+]1ccc(C)cc1. The van der Waals surface area contributed by atoms with Gasteiger partial charge >= 0.3 is 5.97 Å². The maximum Gasteiger partial charge on any atom is 0.403 e. The maximum atomic E-state index is 12.3. The highest BCUT2D eigenvalue weighted by atomic mass is 32.2. The lowest BCUT2D eigenvalue weighted by atomic mass is 10.2. The lowest BCUT2D eigenvalue weighted by molar-refractivity contribution is -0.578. The average Bonchev–Trinajstić information content (AvgIpc) is 2.56. The Morgan fingerprint density at radius 2 is 1.83 bits per heavy atom. The Morgan fingerprint density at radius 3 is 2.43 bits per heavy atom. The topological polar surface area (TPSA) is 30.2 Å². The molecule has 1 heterocycles. The van der Waals surface area contributed by atoms with Crippen LogP contribution in [0.1, 0.15) is 18.1 Å². The van der Waals surface area contributed by atoms with Crippen LogP contribution in [-0.4, -0.2) is 12.6 Å². The third-order valence-corrected chi connectivity index (χ3v) is 4.61. The number of thioether (sulfide) groups is 1. The Balaban J connectivity index is 2.26. The van der Waals surface area contributed by atoms with Gasteiger partial charge in [-0.05, 0) is 25.0 Å². The normalized spacial score (nSPS) is 11.7. The van der Waals surface area contributed by atoms with Gasteiger partial charge in [0, 0.05) is 17.9 Å². The number of nitrogens with zero attached hydrogens (tertiary/aromatic N) is 1. The predicted octanol–water partition coefficient (Wildman–Crippen LogP) is 3.45. The molecule has 3 nitrogen and oxygen atoms in total. The van der Waals surface area contributed by atoms with Gasteiger partial charge in [0.25, 0.3) is 5.70 Å². The van der Waals surface area contributed by atoms with Crippen LogP contribution in [0.5, 0.6) is 0 Å². The number of pyridine rings is 1. The molecule has 0 amide bonds. The van der Waals surface area contributed by atoms with E-state index in [0.29, 0.717) is 16.5 Å². The molecular formula is C18H19NO2S2. The molecule has 2 rings (SSSR count). The molecule has 120 valence electrons. The smallest absolute Gasteiger partial charge is 0.403 e. The summed E-state index contributed by atoms with van der Waals surface area (Å²) in [6.45, 7) is 4.10. The summed E-state index contributed by atoms with van der Waals surface area (Å²) in [7, 11) is 0. The molecule has 0 aliphatic carbocycles. The minimum absolute atomic E-state index is 0.320. The van der Waals surface area contributed by atoms with Crippen LogP contribution in [0.2, 0.25) is 0 Å². The first-order valence-corrected chi connectivity index (χ1v) is 8.74. The highest BCUT2D eigenvalue weighted by molar-refractivity contribution is 8.10. The molecule has 0 unspecified atom stereocenters. The molecule has 0 aliphatic rings. The number of benzene rings is 1. The van der Waals surface area contributed by atoms with Crippen molar-refractivity contribution in [1.82, 2.24) is 0 Å². The summed E-state index contributed by atoms with van der Waals surface area (Å²) in [5.74, 6) is 0.321. The van der Waals surface area contributed by atoms with Crippen molar-refractivity contribution in [2.45, 2.75) is 19.6 Å². The molecule has 0 spiro atoms. The van der Waals surface area contributed by atoms with Gasteiger partial charge in [0.15, 0.2) is 12.4 Å². The maximum absolute atomic E-state index is 12.3. The Kier molecular flexibility index (Phi) is 6.62. The third kappa shape index (κ3) is 5.08. The molecule has 0 bridgehead atoms. The molecule has 0 saturated carbocycles. The number of hydrogen-bond donors (Lipinski definition) is 0. The Bertz CT molecular complexity index is 682. The number of carbonyl (C=O) groups excluding carboxylic acids is 1. The van der Waals surface area contributed by atoms with Crippen molar-refractivity contribution in [2.24, 2.45) is 0 Å². The van der Waals surface area contributed by atoms with Crippen molar-refractivity contribution in [1.29, 1.82) is 0 Å². The lowest BCUT2D eigenvalue weighted by Gasteiger charge is -2.14. The Morgan fingerprint density at radius 1 is 1.17 bits per heavy atom. The third-order valence-electron chi connectivity index (χ3n) is 3.13. The predicted molar refractivity (Wildman–Crippen MR) is 96.3 cm³/mol. The second-order valence-corrected chi connectivity index (χ2v) is 6.57. The minimum Gasteiger partial charge on any atom is -0.766 e. The largest absolute Gasteiger partial charge is 0.766 e. The number of rotatable bonds is 6. The first-order valence-electron chi connectivity index (χ1n) is 7.35. The van der Waals surface area contributed by atoms with E-state index in [9.17, 15) is 4.79 Å². The number of hydrogen-bond acceptors (Lipinski definition) is 4. The molecule has 0 atom stereocenters. The molecule has 0 radical (unpaired) electrons. The van der Waals surface area contributed by atoms with Gasteiger partial charge in [-0.3, -0.25) is 0 Å². The van der Waals surface area contributed by atoms with Crippen LogP contribution in [0.4, 0.5) is 0 Å². The van der Waals surface area contributed by atoms with Crippen molar-refractivity contribution in [2.75, 3.05) is 6.61 Å². The van der Waals surface area contributed by atoms with Crippen molar-refractivity contribution in [3.8, 4) is 0 Å². The van der Waals surface area contributed by atoms with E-state index in [1.165, 1.54) is 11.8 Å². The molecule has 0 aliphatic heterocycles. The van der Waals surface area contributed by atoms with Crippen molar-refractivity contribution >= 4 is 36.1 Å². The zero-order chi connectivity index (χ0) is 16.7. The van der Waals surface area contributed by atoms with E-state index in [1.54, 1.807) is 11.5 Å². The highest BCUT2D eigenvalue weighted by Gasteiger charge is 2.22. The molecule has 1 aromatic heterocycles. The second kappa shape index (κ2) is 8.70. The fraction of sp³-hybridized carbons (Fsp3) is 0.222. The van der Waals surface area contributed by atoms with E-state index in [0.717, 1.165) is 16.9 Å². The number of esters is 1. The van der Waals surface area contributed by atoms with Gasteiger partial charge in [-0.25, -0.2) is 4.79 Å². The molecule has 2 aromatic rings. The average molecular weight is 345 g/mol. The summed E-state index contributed by atoms with van der Waals surface area (Å²) in [5, 5.41) is 0. The second-order valence-electron chi connectivity index (χ2n) is 4.91. The van der Waals surface area contributed by atoms with Crippen molar-refractivity contribution < 1.29 is 14.1 Å². The van der Waals surface area contributed by atoms with E-state index < -0.39 is 5.97 Å². The van der Waals surface area contributed by atoms with Gasteiger partial charge in [0.2, 0.25) is 0 Å². The van der Waals surface area contributed by atoms with Gasteiger partial charge in [0.05, 0.1) is 6.61 Å². The van der Waals surface area contributed by atoms with Gasteiger partial charge in [-0.15, -0.1) is 11.8 Å². The van der Waals surface area contributed by atoms with E-state index in [2.05, 4.69) is 0 Å². The van der Waals surface area contributed by atoms with Crippen molar-refractivity contribution in [3.05, 3.63) is 70.2 Å². The summed E-state index contributed by atoms with van der Waals surface area (Å²) in [5.41, 5.74) is 2.67. The van der Waals surface area contributed by atoms with E-state index in [-0.39, 0.29) is 0 Å². The van der Waals surface area contributed by atoms with Gasteiger partial charge < -0.3 is 17.4 Å². The minimum atomic E-state index is -0.396. The molecule has 0 N–H and O–H groups in total. The van der Waals surface area contributed by atoms with Crippen LogP contribution in [0.3, 0.4) is 0 Å². The number of aromatic nitrogens is 1. The van der Waals surface area contributed by atoms with Crippen LogP contribution in [0.25, 0.3) is 5.70 Å². The van der Waals surface area contributed by atoms with E-state index in [4.69, 9.17) is 17.4 Å². The zero-order valence-corrected chi connectivity index (χ0v) is 14.8. The van der Waals surface area contributed by atoms with Crippen LogP contribution in [0, 0.1) is 6.92 Å². The fourth-order valence-electron chi connectivity index (χ4n) is 1.94. The van der Waals surface area contributed by atoms with Crippen molar-refractivity contribution in [3.63, 3.8) is 0 Å². The van der Waals surface area contributed by atoms with Crippen LogP contribution in [-0.2, 0) is 27.9 Å². The summed E-state index contributed by atoms with van der Waals surface area (Å²) in [6, 6.07) is 13.9. The first-order chi connectivity index (χ1) is 11.1. The van der Waals surface area contributed by atoms with Gasteiger partial charge in [0.1, 0.15) is 0 Å². The number of aryl methyl sites for hydroxylation is 1. The van der Waals surface area contributed by atoms with Crippen LogP contribution >= 0.6 is 11.8 Å². The summed E-state index contributed by atoms with van der Waals surface area (Å²) >= 11 is 6.95. The Hall–Kier alpha value is -1.85. The van der Waals surface area contributed by atoms with Gasteiger partial charge in [-0.2, -0.15) is 4.57 Å². The summed E-state index contributed by atoms with van der Waals surface area (Å²) < 4.78 is 7.42. The van der Waals surface area contributed by atoms with Crippen LogP contribution < -0.4 is 4.57 Å². The molecular weight excluding hydrogens is 326 g/mol. The standard InChI is InChI=1S/C18H19NO2S2/c1-3-21-17(20)16(19-11-9-14(2)10-12-19)18(22)23-13-15-7-5-4-6-8-15/h4-12H,3,13H2,1-2H3. The monoisotopic (exact) mass is 345 g/mol. The lowest BCUT2D eigenvalue weighted by Crippen LogP contribution is -2.37. The zero-order valence-electron chi connectivity index (χ0n) is 13.2. The molecule has 0 fully saturated rings. The molecule has 23 heavy (non-hydrogen) atoms. The fourth-order valence-corrected chi connectivity index (χ4v) is 3.12. The van der Waals surface area contributed by atoms with E-state index in [1.807, 2.05) is 61.8 Å². The van der Waals surface area contributed by atoms with E-state index >= 15 is 0 Å². The first kappa shape index (κ1) is 17.5. The number of ether oxygens (including phenoxy) is 1. The summed E-state index contributed by atoms with van der Waals surface area (Å²) in [4.78, 5) is 12.3. The summed E-state index contributed by atoms with van der Waals surface area (Å²) in [6.07, 6.45) is 3.66. The molecule has 0 saturated heterocycles. The quantitative estimate of drug-likeness (QED) is 0.347. The van der Waals surface area contributed by atoms with Crippen LogP contribution in [0.15, 0.2) is 59.1 Å². The number of carbonyl (C=O) groups is 1.